The zero-order valence-corrected chi connectivity index (χ0v) is 13.4. The predicted octanol–water partition coefficient (Wildman–Crippen LogP) is 4.03. The maximum Gasteiger partial charge on any atom is 0.223 e. The van der Waals surface area contributed by atoms with Gasteiger partial charge in [-0.2, -0.15) is 0 Å². The summed E-state index contributed by atoms with van der Waals surface area (Å²) in [6.07, 6.45) is 1.84. The minimum atomic E-state index is -0.120. The van der Waals surface area contributed by atoms with Gasteiger partial charge in [0.15, 0.2) is 0 Å². The smallest absolute Gasteiger partial charge is 0.223 e. The van der Waals surface area contributed by atoms with Crippen molar-refractivity contribution in [3.63, 3.8) is 0 Å². The maximum absolute atomic E-state index is 11.2. The molecule has 1 heterocycles. The lowest BCUT2D eigenvalue weighted by atomic mass is 10.0. The Morgan fingerprint density at radius 1 is 0.917 bits per heavy atom. The Morgan fingerprint density at radius 3 is 1.96 bits per heavy atom. The van der Waals surface area contributed by atoms with Gasteiger partial charge in [-0.3, -0.25) is 10.1 Å². The molecule has 4 nitrogen and oxygen atoms in total. The number of amides is 1. The van der Waals surface area contributed by atoms with Crippen LogP contribution in [0.15, 0.2) is 66.9 Å². The number of benzene rings is 2. The lowest BCUT2D eigenvalue weighted by Crippen LogP contribution is -2.07. The van der Waals surface area contributed by atoms with Crippen LogP contribution >= 0.6 is 0 Å². The van der Waals surface area contributed by atoms with E-state index in [0.29, 0.717) is 23.7 Å². The lowest BCUT2D eigenvalue weighted by Gasteiger charge is -2.00. The molecule has 1 saturated carbocycles. The van der Waals surface area contributed by atoms with Gasteiger partial charge in [0.05, 0.1) is 6.20 Å². The summed E-state index contributed by atoms with van der Waals surface area (Å²) in [4.78, 5) is 18.8. The molecule has 0 bridgehead atoms. The fourth-order valence-corrected chi connectivity index (χ4v) is 3.61. The molecule has 1 aliphatic rings. The summed E-state index contributed by atoms with van der Waals surface area (Å²) in [6, 6.07) is 21.2. The molecule has 2 N–H and O–H groups in total. The van der Waals surface area contributed by atoms with E-state index in [1.54, 1.807) is 0 Å². The molecule has 0 spiro atoms. The molecule has 0 saturated heterocycles. The van der Waals surface area contributed by atoms with E-state index in [1.807, 2.05) is 18.3 Å². The Labute approximate surface area is 141 Å². The van der Waals surface area contributed by atoms with Crippen LogP contribution in [0.4, 0.5) is 5.95 Å². The summed E-state index contributed by atoms with van der Waals surface area (Å²) in [5.41, 5.74) is 3.75. The van der Waals surface area contributed by atoms with Crippen LogP contribution in [-0.2, 0) is 4.79 Å². The van der Waals surface area contributed by atoms with Crippen LogP contribution in [0.25, 0.3) is 0 Å². The molecule has 0 aliphatic heterocycles. The molecule has 0 radical (unpaired) electrons. The molecule has 2 aromatic carbocycles. The minimum Gasteiger partial charge on any atom is -0.328 e. The first-order valence-electron chi connectivity index (χ1n) is 8.16. The van der Waals surface area contributed by atoms with Crippen molar-refractivity contribution in [1.82, 2.24) is 9.97 Å². The third kappa shape index (κ3) is 2.71. The van der Waals surface area contributed by atoms with Crippen LogP contribution in [0.1, 0.15) is 41.5 Å². The average molecular weight is 317 g/mol. The normalized spacial score (nSPS) is 22.1. The number of aromatic amines is 1. The third-order valence-corrected chi connectivity index (χ3v) is 4.64. The number of hydrogen-bond acceptors (Lipinski definition) is 2. The molecule has 3 aromatic rings. The van der Waals surface area contributed by atoms with Gasteiger partial charge in [-0.15, -0.1) is 0 Å². The summed E-state index contributed by atoms with van der Waals surface area (Å²) in [5, 5.41) is 2.71. The number of aromatic nitrogens is 2. The van der Waals surface area contributed by atoms with E-state index in [1.165, 1.54) is 18.1 Å². The van der Waals surface area contributed by atoms with Crippen molar-refractivity contribution in [2.75, 3.05) is 5.32 Å². The molecule has 2 atom stereocenters. The molecule has 4 heteroatoms. The highest BCUT2D eigenvalue weighted by molar-refractivity contribution is 5.86. The zero-order chi connectivity index (χ0) is 16.5. The summed E-state index contributed by atoms with van der Waals surface area (Å²) in [6.45, 7) is 1.48. The monoisotopic (exact) mass is 317 g/mol. The standard InChI is InChI=1S/C20H19N3O/c1-13(24)22-20-21-12-16(23-20)19-17(14-8-4-2-5-9-14)18(19)15-10-6-3-7-11-15/h2-12,17-19H,1H3,(H2,21,22,23,24). The van der Waals surface area contributed by atoms with E-state index in [0.717, 1.165) is 5.69 Å². The third-order valence-electron chi connectivity index (χ3n) is 4.64. The number of imidazole rings is 1. The van der Waals surface area contributed by atoms with Crippen LogP contribution < -0.4 is 5.32 Å². The number of H-pyrrole nitrogens is 1. The number of hydrogen-bond donors (Lipinski definition) is 2. The Balaban J connectivity index is 1.67. The van der Waals surface area contributed by atoms with E-state index in [9.17, 15) is 4.79 Å². The number of rotatable bonds is 4. The summed E-state index contributed by atoms with van der Waals surface area (Å²) in [5.74, 6) is 1.61. The second kappa shape index (κ2) is 5.96. The SMILES string of the molecule is CC(=O)Nc1ncc(C2C(c3ccccc3)C2c2ccccc2)[nH]1. The summed E-state index contributed by atoms with van der Waals surface area (Å²) >= 11 is 0. The molecular formula is C20H19N3O. The van der Waals surface area contributed by atoms with Crippen LogP contribution in [0.5, 0.6) is 0 Å². The highest BCUT2D eigenvalue weighted by Crippen LogP contribution is 2.65. The van der Waals surface area contributed by atoms with Crippen LogP contribution in [0.2, 0.25) is 0 Å². The Morgan fingerprint density at radius 2 is 1.46 bits per heavy atom. The van der Waals surface area contributed by atoms with Gasteiger partial charge in [-0.1, -0.05) is 60.7 Å². The van der Waals surface area contributed by atoms with E-state index >= 15 is 0 Å². The summed E-state index contributed by atoms with van der Waals surface area (Å²) < 4.78 is 0. The van der Waals surface area contributed by atoms with Gasteiger partial charge in [0.2, 0.25) is 11.9 Å². The van der Waals surface area contributed by atoms with Gasteiger partial charge in [0.1, 0.15) is 0 Å². The molecule has 1 aromatic heterocycles. The average Bonchev–Trinajstić information content (AvgIpc) is 3.19. The molecule has 4 rings (SSSR count). The van der Waals surface area contributed by atoms with Crippen molar-refractivity contribution in [1.29, 1.82) is 0 Å². The fraction of sp³-hybridized carbons (Fsp3) is 0.200. The first-order chi connectivity index (χ1) is 11.7. The maximum atomic E-state index is 11.2. The fourth-order valence-electron chi connectivity index (χ4n) is 3.61. The van der Waals surface area contributed by atoms with Crippen molar-refractivity contribution in [2.24, 2.45) is 0 Å². The van der Waals surface area contributed by atoms with Gasteiger partial charge < -0.3 is 4.98 Å². The van der Waals surface area contributed by atoms with Crippen molar-refractivity contribution >= 4 is 11.9 Å². The number of nitrogens with zero attached hydrogens (tertiary/aromatic N) is 1. The first kappa shape index (κ1) is 14.7. The molecule has 1 aliphatic carbocycles. The molecular weight excluding hydrogens is 298 g/mol. The lowest BCUT2D eigenvalue weighted by molar-refractivity contribution is -0.114. The highest BCUT2D eigenvalue weighted by atomic mass is 16.1. The van der Waals surface area contributed by atoms with Crippen LogP contribution in [0, 0.1) is 0 Å². The molecule has 1 fully saturated rings. The number of anilines is 1. The Bertz CT molecular complexity index is 796. The van der Waals surface area contributed by atoms with Gasteiger partial charge in [0, 0.05) is 30.4 Å². The van der Waals surface area contributed by atoms with Gasteiger partial charge in [-0.05, 0) is 11.1 Å². The van der Waals surface area contributed by atoms with Crippen molar-refractivity contribution in [3.05, 3.63) is 83.7 Å². The van der Waals surface area contributed by atoms with Crippen LogP contribution in [0.3, 0.4) is 0 Å². The predicted molar refractivity (Wildman–Crippen MR) is 94.0 cm³/mol. The quantitative estimate of drug-likeness (QED) is 0.763. The topological polar surface area (TPSA) is 57.8 Å². The Kier molecular flexibility index (Phi) is 3.65. The molecule has 2 unspecified atom stereocenters. The summed E-state index contributed by atoms with van der Waals surface area (Å²) in [7, 11) is 0. The van der Waals surface area contributed by atoms with Crippen LogP contribution in [-0.4, -0.2) is 15.9 Å². The van der Waals surface area contributed by atoms with Gasteiger partial charge >= 0.3 is 0 Å². The van der Waals surface area contributed by atoms with Crippen molar-refractivity contribution < 1.29 is 4.79 Å². The number of carbonyl (C=O) groups excluding carboxylic acids is 1. The minimum absolute atomic E-state index is 0.120. The Hall–Kier alpha value is -2.88. The van der Waals surface area contributed by atoms with Crippen molar-refractivity contribution in [2.45, 2.75) is 24.7 Å². The zero-order valence-electron chi connectivity index (χ0n) is 13.4. The molecule has 120 valence electrons. The van der Waals surface area contributed by atoms with Gasteiger partial charge in [0.25, 0.3) is 0 Å². The molecule has 1 amide bonds. The number of nitrogens with one attached hydrogen (secondary N) is 2. The van der Waals surface area contributed by atoms with E-state index < -0.39 is 0 Å². The molecule has 24 heavy (non-hydrogen) atoms. The second-order valence-corrected chi connectivity index (χ2v) is 6.27. The largest absolute Gasteiger partial charge is 0.328 e. The number of carbonyl (C=O) groups is 1. The van der Waals surface area contributed by atoms with Crippen molar-refractivity contribution in [3.8, 4) is 0 Å². The second-order valence-electron chi connectivity index (χ2n) is 6.27. The first-order valence-corrected chi connectivity index (χ1v) is 8.16. The van der Waals surface area contributed by atoms with E-state index in [4.69, 9.17) is 0 Å². The highest BCUT2D eigenvalue weighted by Gasteiger charge is 2.53. The van der Waals surface area contributed by atoms with E-state index in [-0.39, 0.29) is 5.91 Å². The van der Waals surface area contributed by atoms with E-state index in [2.05, 4.69) is 63.8 Å². The van der Waals surface area contributed by atoms with Gasteiger partial charge in [-0.25, -0.2) is 4.98 Å².